The Morgan fingerprint density at radius 2 is 0.880 bits per heavy atom. The quantitative estimate of drug-likeness (QED) is 0.159. The van der Waals surface area contributed by atoms with Gasteiger partial charge in [-0.05, 0) is 165 Å². The minimum atomic E-state index is -0.141. The largest absolute Gasteiger partial charge is 0.311 e. The minimum Gasteiger partial charge on any atom is -0.311 e. The number of para-hydroxylation sites is 1. The van der Waals surface area contributed by atoms with E-state index in [9.17, 15) is 0 Å². The van der Waals surface area contributed by atoms with Crippen molar-refractivity contribution in [1.82, 2.24) is 0 Å². The fraction of sp³-hybridized carbons (Fsp3) is 0.333. The first-order valence-corrected chi connectivity index (χ1v) is 27.8. The highest BCUT2D eigenvalue weighted by atomic mass is 15.2. The Hall–Kier alpha value is -6.58. The van der Waals surface area contributed by atoms with Crippen LogP contribution in [0.2, 0.25) is 0 Å². The minimum absolute atomic E-state index is 0.0206. The lowest BCUT2D eigenvalue weighted by atomic mass is 9.33. The molecule has 0 radical (unpaired) electrons. The lowest BCUT2D eigenvalue weighted by molar-refractivity contribution is 0.333. The van der Waals surface area contributed by atoms with Crippen molar-refractivity contribution in [2.24, 2.45) is 0 Å². The van der Waals surface area contributed by atoms with Gasteiger partial charge >= 0.3 is 0 Å². The Kier molecular flexibility index (Phi) is 11.8. The van der Waals surface area contributed by atoms with Gasteiger partial charge in [0.05, 0.1) is 5.69 Å². The van der Waals surface area contributed by atoms with Gasteiger partial charge in [0.2, 0.25) is 0 Å². The highest BCUT2D eigenvalue weighted by Crippen LogP contribution is 2.52. The molecule has 0 saturated carbocycles. The number of fused-ring (bicyclic) bond motifs is 5. The number of hydrogen-bond donors (Lipinski definition) is 0. The molecule has 380 valence electrons. The summed E-state index contributed by atoms with van der Waals surface area (Å²) in [5.41, 5.74) is 27.3. The van der Waals surface area contributed by atoms with Gasteiger partial charge in [0.25, 0.3) is 6.71 Å². The summed E-state index contributed by atoms with van der Waals surface area (Å²) in [6, 6.07) is 64.0. The predicted molar refractivity (Wildman–Crippen MR) is 327 cm³/mol. The van der Waals surface area contributed by atoms with Crippen LogP contribution in [0.1, 0.15) is 157 Å². The molecule has 8 aromatic carbocycles. The first-order chi connectivity index (χ1) is 35.2. The van der Waals surface area contributed by atoms with Crippen LogP contribution in [-0.4, -0.2) is 6.71 Å². The molecule has 0 N–H and O–H groups in total. The number of hydrogen-bond acceptors (Lipinski definition) is 2. The second-order valence-electron chi connectivity index (χ2n) is 27.8. The van der Waals surface area contributed by atoms with Crippen molar-refractivity contribution in [3.63, 3.8) is 0 Å². The van der Waals surface area contributed by atoms with Crippen LogP contribution >= 0.6 is 0 Å². The van der Waals surface area contributed by atoms with Gasteiger partial charge in [-0.3, -0.25) is 0 Å². The third-order valence-electron chi connectivity index (χ3n) is 17.3. The highest BCUT2D eigenvalue weighted by Gasteiger charge is 2.46. The summed E-state index contributed by atoms with van der Waals surface area (Å²) >= 11 is 0. The predicted octanol–water partition coefficient (Wildman–Crippen LogP) is 18.3. The van der Waals surface area contributed by atoms with E-state index in [0.717, 1.165) is 12.1 Å². The molecular formula is C72H79BN2. The molecule has 0 bridgehead atoms. The number of nitrogens with zero attached hydrogens (tertiary/aromatic N) is 2. The number of anilines is 6. The Labute approximate surface area is 451 Å². The third-order valence-corrected chi connectivity index (χ3v) is 17.3. The maximum atomic E-state index is 2.62. The molecule has 2 nitrogen and oxygen atoms in total. The molecule has 0 unspecified atom stereocenters. The Morgan fingerprint density at radius 1 is 0.360 bits per heavy atom. The summed E-state index contributed by atoms with van der Waals surface area (Å²) < 4.78 is 0. The van der Waals surface area contributed by atoms with Crippen molar-refractivity contribution in [3.05, 3.63) is 197 Å². The third kappa shape index (κ3) is 8.77. The number of benzene rings is 8. The van der Waals surface area contributed by atoms with E-state index in [-0.39, 0.29) is 39.2 Å². The second kappa shape index (κ2) is 17.5. The van der Waals surface area contributed by atoms with Crippen LogP contribution in [0.5, 0.6) is 0 Å². The van der Waals surface area contributed by atoms with Crippen molar-refractivity contribution < 1.29 is 0 Å². The van der Waals surface area contributed by atoms with E-state index in [1.165, 1.54) is 118 Å². The molecule has 0 aromatic heterocycles. The van der Waals surface area contributed by atoms with Gasteiger partial charge in [-0.15, -0.1) is 0 Å². The summed E-state index contributed by atoms with van der Waals surface area (Å²) in [7, 11) is 0. The molecule has 8 aromatic rings. The van der Waals surface area contributed by atoms with Crippen LogP contribution in [0.4, 0.5) is 34.1 Å². The van der Waals surface area contributed by atoms with Crippen molar-refractivity contribution in [2.45, 2.75) is 156 Å². The Balaban J connectivity index is 1.22. The van der Waals surface area contributed by atoms with Gasteiger partial charge in [0.15, 0.2) is 0 Å². The average molecular weight is 983 g/mol. The summed E-state index contributed by atoms with van der Waals surface area (Å²) in [6.07, 6.45) is 2.35. The highest BCUT2D eigenvalue weighted by molar-refractivity contribution is 7.00. The molecule has 1 aliphatic carbocycles. The molecule has 3 aliphatic rings. The van der Waals surface area contributed by atoms with Crippen molar-refractivity contribution >= 4 is 57.2 Å². The van der Waals surface area contributed by atoms with Gasteiger partial charge in [0, 0.05) is 34.0 Å². The first kappa shape index (κ1) is 50.6. The fourth-order valence-corrected chi connectivity index (χ4v) is 12.6. The van der Waals surface area contributed by atoms with Gasteiger partial charge in [-0.25, -0.2) is 0 Å². The molecule has 75 heavy (non-hydrogen) atoms. The van der Waals surface area contributed by atoms with E-state index < -0.39 is 0 Å². The summed E-state index contributed by atoms with van der Waals surface area (Å²) in [5.74, 6) is 0. The molecule has 2 heterocycles. The zero-order valence-electron chi connectivity index (χ0n) is 48.0. The maximum absolute atomic E-state index is 2.62. The molecule has 3 heteroatoms. The number of rotatable bonds is 5. The molecule has 0 atom stereocenters. The van der Waals surface area contributed by atoms with Crippen LogP contribution < -0.4 is 26.2 Å². The summed E-state index contributed by atoms with van der Waals surface area (Å²) in [4.78, 5) is 5.24. The zero-order chi connectivity index (χ0) is 53.4. The zero-order valence-corrected chi connectivity index (χ0v) is 48.0. The van der Waals surface area contributed by atoms with Crippen LogP contribution in [0.25, 0.3) is 33.4 Å². The van der Waals surface area contributed by atoms with Gasteiger partial charge in [-0.1, -0.05) is 232 Å². The normalized spacial score (nSPS) is 15.8. The van der Waals surface area contributed by atoms with E-state index in [0.29, 0.717) is 0 Å². The average Bonchev–Trinajstić information content (AvgIpc) is 3.36. The van der Waals surface area contributed by atoms with Crippen LogP contribution in [0.15, 0.2) is 164 Å². The Bertz CT molecular complexity index is 3490. The van der Waals surface area contributed by atoms with E-state index in [1.807, 2.05) is 0 Å². The summed E-state index contributed by atoms with van der Waals surface area (Å²) in [5, 5.41) is 0. The van der Waals surface area contributed by atoms with Gasteiger partial charge < -0.3 is 9.80 Å². The molecule has 11 rings (SSSR count). The van der Waals surface area contributed by atoms with Crippen molar-refractivity contribution in [3.8, 4) is 33.4 Å². The second-order valence-corrected chi connectivity index (χ2v) is 27.8. The van der Waals surface area contributed by atoms with Crippen LogP contribution in [0.3, 0.4) is 0 Å². The smallest absolute Gasteiger partial charge is 0.252 e. The van der Waals surface area contributed by atoms with E-state index >= 15 is 0 Å². The van der Waals surface area contributed by atoms with Crippen molar-refractivity contribution in [1.29, 1.82) is 0 Å². The van der Waals surface area contributed by atoms with E-state index in [2.05, 4.69) is 284 Å². The lowest BCUT2D eigenvalue weighted by Gasteiger charge is -2.46. The monoisotopic (exact) mass is 983 g/mol. The lowest BCUT2D eigenvalue weighted by Crippen LogP contribution is -2.61. The molecule has 0 spiro atoms. The van der Waals surface area contributed by atoms with Crippen molar-refractivity contribution in [2.75, 3.05) is 9.80 Å². The van der Waals surface area contributed by atoms with Gasteiger partial charge in [0.1, 0.15) is 0 Å². The molecule has 0 fully saturated rings. The first-order valence-electron chi connectivity index (χ1n) is 27.8. The van der Waals surface area contributed by atoms with Gasteiger partial charge in [-0.2, -0.15) is 0 Å². The fourth-order valence-electron chi connectivity index (χ4n) is 12.6. The topological polar surface area (TPSA) is 6.48 Å². The van der Waals surface area contributed by atoms with Crippen LogP contribution in [0, 0.1) is 0 Å². The molecule has 0 amide bonds. The van der Waals surface area contributed by atoms with E-state index in [4.69, 9.17) is 0 Å². The molecular weight excluding hydrogens is 904 g/mol. The standard InChI is InChI=1S/C72H79BN2/c1-67(2,3)50-32-36-62-59(43-50)73-58-41-48(56-26-22-27-57-65(56)72(15,16)38-37-71(57,13)14)31-35-61(58)74(54-33-29-46(30-34-54)49-39-51(68(4,5)6)42-52(40-49)69(7,8)9)63-44-53(70(10,11)12)45-64(66(63)73)75(62)60-28-21-20-25-55(60)47-23-18-17-19-24-47/h17-36,39-45H,37-38H2,1-16H3. The Morgan fingerprint density at radius 3 is 1.52 bits per heavy atom. The SMILES string of the molecule is CC(C)(C)c1cc(-c2ccc(N3c4ccc(-c5cccc6c5C(C)(C)CCC6(C)C)cc4B4c5cc(C(C)(C)C)ccc5N(c5ccccc5-c5ccccc5)c5cc(C(C)(C)C)cc3c54)cc2)cc(C(C)(C)C)c1. The molecule has 2 aliphatic heterocycles. The van der Waals surface area contributed by atoms with Crippen LogP contribution in [-0.2, 0) is 32.5 Å². The molecule has 0 saturated heterocycles. The van der Waals surface area contributed by atoms with E-state index in [1.54, 1.807) is 0 Å². The maximum Gasteiger partial charge on any atom is 0.252 e. The summed E-state index contributed by atoms with van der Waals surface area (Å²) in [6.45, 7) is 38.0.